The largest absolute Gasteiger partial charge is 0.486 e. The molecule has 3 aliphatic heterocycles. The first-order chi connectivity index (χ1) is 19.4. The Hall–Kier alpha value is -2.26. The summed E-state index contributed by atoms with van der Waals surface area (Å²) >= 11 is 4.70. The van der Waals surface area contributed by atoms with Crippen LogP contribution in [0, 0.1) is 0 Å². The quantitative estimate of drug-likeness (QED) is 0.417. The topological polar surface area (TPSA) is 92.3 Å². The first kappa shape index (κ1) is 26.9. The van der Waals surface area contributed by atoms with Crippen molar-refractivity contribution in [3.8, 4) is 54.0 Å². The lowest BCUT2D eigenvalue weighted by atomic mass is 10.2. The smallest absolute Gasteiger partial charge is 0.181 e. The number of thiophene rings is 3. The number of hydrogen-bond acceptors (Lipinski definition) is 13. The number of fused-ring (bicyclic) bond motifs is 3. The Bertz CT molecular complexity index is 1130. The molecule has 0 N–H and O–H groups in total. The fourth-order valence-electron chi connectivity index (χ4n) is 4.17. The molecule has 0 aromatic carbocycles. The van der Waals surface area contributed by atoms with Crippen molar-refractivity contribution >= 4 is 34.0 Å². The van der Waals surface area contributed by atoms with Crippen LogP contribution >= 0.6 is 34.0 Å². The molecule has 212 valence electrons. The van der Waals surface area contributed by atoms with Gasteiger partial charge in [0.1, 0.15) is 39.6 Å². The molecule has 39 heavy (non-hydrogen) atoms. The van der Waals surface area contributed by atoms with E-state index >= 15 is 0 Å². The van der Waals surface area contributed by atoms with Gasteiger partial charge in [-0.1, -0.05) is 0 Å². The summed E-state index contributed by atoms with van der Waals surface area (Å²) in [4.78, 5) is 3.69. The van der Waals surface area contributed by atoms with Gasteiger partial charge in [0, 0.05) is 10.8 Å². The molecule has 0 fully saturated rings. The number of rotatable bonds is 2. The van der Waals surface area contributed by atoms with Crippen LogP contribution in [0.25, 0.3) is 19.5 Å². The molecule has 13 heteroatoms. The molecule has 0 saturated heterocycles. The molecule has 0 atom stereocenters. The molecular formula is C26H30O10S3. The first-order valence-electron chi connectivity index (χ1n) is 12.9. The van der Waals surface area contributed by atoms with E-state index in [1.165, 1.54) is 0 Å². The second-order valence-corrected chi connectivity index (χ2v) is 11.3. The van der Waals surface area contributed by atoms with E-state index in [1.54, 1.807) is 34.0 Å². The third-order valence-corrected chi connectivity index (χ3v) is 9.26. The molecule has 0 aliphatic carbocycles. The van der Waals surface area contributed by atoms with Gasteiger partial charge in [-0.2, -0.15) is 0 Å². The Labute approximate surface area is 238 Å². The minimum absolute atomic E-state index is 0.340. The molecule has 0 spiro atoms. The zero-order valence-corrected chi connectivity index (χ0v) is 23.8. The van der Waals surface area contributed by atoms with Gasteiger partial charge in [-0.05, 0) is 0 Å². The standard InChI is InChI=1S/C26H30O10S3/c1-2-28-4-6-30-8-10-36-22-21(35-9-7-29-5-3-27-1)25(23-19-17(15-37-23)31-11-13-33-19)39-26(22)24-20-18(16-38-24)32-12-14-34-20/h15-16H,1-14H2. The van der Waals surface area contributed by atoms with Crippen molar-refractivity contribution in [3.05, 3.63) is 10.8 Å². The predicted octanol–water partition coefficient (Wildman–Crippen LogP) is 4.59. The SMILES string of the molecule is c1sc(-c2sc(-c3scc4c3OCCO4)c3c2OCCOCCOCCOCCOCCO3)c2c1OCCO2. The maximum atomic E-state index is 6.40. The van der Waals surface area contributed by atoms with E-state index in [0.29, 0.717) is 104 Å². The summed E-state index contributed by atoms with van der Waals surface area (Å²) in [6.45, 7) is 6.50. The van der Waals surface area contributed by atoms with Gasteiger partial charge in [0.15, 0.2) is 34.5 Å². The predicted molar refractivity (Wildman–Crippen MR) is 147 cm³/mol. The zero-order chi connectivity index (χ0) is 26.3. The van der Waals surface area contributed by atoms with Crippen molar-refractivity contribution in [3.63, 3.8) is 0 Å². The monoisotopic (exact) mass is 598 g/mol. The van der Waals surface area contributed by atoms with E-state index in [-0.39, 0.29) is 0 Å². The lowest BCUT2D eigenvalue weighted by Crippen LogP contribution is -2.16. The molecule has 6 rings (SSSR count). The first-order valence-corrected chi connectivity index (χ1v) is 15.5. The van der Waals surface area contributed by atoms with Crippen molar-refractivity contribution in [2.45, 2.75) is 0 Å². The third-order valence-electron chi connectivity index (χ3n) is 5.90. The highest BCUT2D eigenvalue weighted by Gasteiger charge is 2.32. The molecular weight excluding hydrogens is 568 g/mol. The molecule has 0 radical (unpaired) electrons. The molecule has 0 bridgehead atoms. The van der Waals surface area contributed by atoms with Gasteiger partial charge in [-0.3, -0.25) is 0 Å². The summed E-state index contributed by atoms with van der Waals surface area (Å²) in [5, 5.41) is 3.95. The van der Waals surface area contributed by atoms with Gasteiger partial charge in [-0.25, -0.2) is 0 Å². The molecule has 0 unspecified atom stereocenters. The average molecular weight is 599 g/mol. The second-order valence-electron chi connectivity index (χ2n) is 8.48. The lowest BCUT2D eigenvalue weighted by molar-refractivity contribution is -0.00831. The van der Waals surface area contributed by atoms with Crippen LogP contribution in [0.5, 0.6) is 34.5 Å². The van der Waals surface area contributed by atoms with Crippen LogP contribution in [-0.4, -0.2) is 92.5 Å². The van der Waals surface area contributed by atoms with Gasteiger partial charge in [0.2, 0.25) is 0 Å². The fourth-order valence-corrected chi connectivity index (χ4v) is 7.50. The van der Waals surface area contributed by atoms with Crippen LogP contribution in [0.2, 0.25) is 0 Å². The van der Waals surface area contributed by atoms with Gasteiger partial charge < -0.3 is 47.4 Å². The van der Waals surface area contributed by atoms with Crippen LogP contribution in [-0.2, 0) is 18.9 Å². The van der Waals surface area contributed by atoms with Gasteiger partial charge >= 0.3 is 0 Å². The summed E-state index contributed by atoms with van der Waals surface area (Å²) in [5.41, 5.74) is 0. The van der Waals surface area contributed by atoms with Crippen molar-refractivity contribution in [1.29, 1.82) is 0 Å². The van der Waals surface area contributed by atoms with Crippen molar-refractivity contribution in [2.75, 3.05) is 92.5 Å². The van der Waals surface area contributed by atoms with Crippen molar-refractivity contribution < 1.29 is 47.4 Å². The highest BCUT2D eigenvalue weighted by Crippen LogP contribution is 2.60. The zero-order valence-electron chi connectivity index (χ0n) is 21.4. The maximum Gasteiger partial charge on any atom is 0.181 e. The Balaban J connectivity index is 1.36. The van der Waals surface area contributed by atoms with Gasteiger partial charge in [-0.15, -0.1) is 34.0 Å². The Morgan fingerprint density at radius 2 is 0.692 bits per heavy atom. The van der Waals surface area contributed by atoms with E-state index in [4.69, 9.17) is 47.4 Å². The summed E-state index contributed by atoms with van der Waals surface area (Å²) in [6.07, 6.45) is 0. The molecule has 6 heterocycles. The number of ether oxygens (including phenoxy) is 10. The molecule has 0 saturated carbocycles. The van der Waals surface area contributed by atoms with Crippen LogP contribution in [0.3, 0.4) is 0 Å². The minimum Gasteiger partial charge on any atom is -0.486 e. The molecule has 3 aliphatic rings. The van der Waals surface area contributed by atoms with Gasteiger partial charge in [0.25, 0.3) is 0 Å². The summed E-state index contributed by atoms with van der Waals surface area (Å²) in [6, 6.07) is 0. The average Bonchev–Trinajstić information content (AvgIpc) is 3.67. The van der Waals surface area contributed by atoms with Crippen LogP contribution in [0.4, 0.5) is 0 Å². The minimum atomic E-state index is 0.340. The van der Waals surface area contributed by atoms with E-state index in [1.807, 2.05) is 10.8 Å². The Kier molecular flexibility index (Phi) is 9.25. The second kappa shape index (κ2) is 13.4. The molecule has 3 aromatic rings. The Morgan fingerprint density at radius 3 is 1.13 bits per heavy atom. The summed E-state index contributed by atoms with van der Waals surface area (Å²) in [5.74, 6) is 4.23. The third kappa shape index (κ3) is 6.24. The van der Waals surface area contributed by atoms with E-state index < -0.39 is 0 Å². The van der Waals surface area contributed by atoms with E-state index in [9.17, 15) is 0 Å². The Morgan fingerprint density at radius 1 is 0.359 bits per heavy atom. The van der Waals surface area contributed by atoms with Gasteiger partial charge in [0.05, 0.1) is 72.4 Å². The van der Waals surface area contributed by atoms with Crippen molar-refractivity contribution in [2.24, 2.45) is 0 Å². The maximum absolute atomic E-state index is 6.40. The summed E-state index contributed by atoms with van der Waals surface area (Å²) in [7, 11) is 0. The summed E-state index contributed by atoms with van der Waals surface area (Å²) < 4.78 is 59.1. The van der Waals surface area contributed by atoms with E-state index in [0.717, 1.165) is 42.5 Å². The van der Waals surface area contributed by atoms with Crippen LogP contribution in [0.1, 0.15) is 0 Å². The van der Waals surface area contributed by atoms with Crippen molar-refractivity contribution in [1.82, 2.24) is 0 Å². The highest BCUT2D eigenvalue weighted by atomic mass is 32.1. The highest BCUT2D eigenvalue weighted by molar-refractivity contribution is 7.27. The normalized spacial score (nSPS) is 19.2. The van der Waals surface area contributed by atoms with Crippen LogP contribution < -0.4 is 28.4 Å². The lowest BCUT2D eigenvalue weighted by Gasteiger charge is -2.17. The fraction of sp³-hybridized carbons (Fsp3) is 0.538. The number of hydrogen-bond donors (Lipinski definition) is 0. The molecule has 3 aromatic heterocycles. The van der Waals surface area contributed by atoms with Crippen LogP contribution in [0.15, 0.2) is 10.8 Å². The van der Waals surface area contributed by atoms with E-state index in [2.05, 4.69) is 0 Å². The molecule has 0 amide bonds. The molecule has 10 nitrogen and oxygen atoms in total.